The molecule has 0 bridgehead atoms. The molecule has 2 rings (SSSR count). The van der Waals surface area contributed by atoms with Crippen molar-refractivity contribution in [3.8, 4) is 5.88 Å². The summed E-state index contributed by atoms with van der Waals surface area (Å²) in [4.78, 5) is 4.48. The summed E-state index contributed by atoms with van der Waals surface area (Å²) in [7, 11) is 0. The van der Waals surface area contributed by atoms with Gasteiger partial charge in [0, 0.05) is 17.8 Å². The van der Waals surface area contributed by atoms with Gasteiger partial charge in [0.15, 0.2) is 0 Å². The smallest absolute Gasteiger partial charge is 0.218 e. The van der Waals surface area contributed by atoms with Crippen LogP contribution in [-0.2, 0) is 0 Å². The first-order valence-electron chi connectivity index (χ1n) is 8.11. The van der Waals surface area contributed by atoms with Crippen LogP contribution < -0.4 is 10.1 Å². The number of nitrogens with zero attached hydrogens (tertiary/aromatic N) is 1. The van der Waals surface area contributed by atoms with Crippen molar-refractivity contribution >= 4 is 0 Å². The fourth-order valence-electron chi connectivity index (χ4n) is 3.19. The molecule has 1 aliphatic rings. The molecular weight excluding hydrogens is 248 g/mol. The second kappa shape index (κ2) is 7.63. The van der Waals surface area contributed by atoms with Gasteiger partial charge in [-0.15, -0.1) is 0 Å². The average Bonchev–Trinajstić information content (AvgIpc) is 2.48. The molecule has 112 valence electrons. The standard InChI is InChI=1S/C17H28N2O/c1-4-14-9-6-7-11-16(14)20-17-15(10-8-12-19-17)13(3)18-5-2/h8,10,12-14,16,18H,4-7,9,11H2,1-3H3. The van der Waals surface area contributed by atoms with Gasteiger partial charge in [-0.05, 0) is 51.1 Å². The van der Waals surface area contributed by atoms with Gasteiger partial charge in [0.1, 0.15) is 6.10 Å². The van der Waals surface area contributed by atoms with Crippen LogP contribution >= 0.6 is 0 Å². The summed E-state index contributed by atoms with van der Waals surface area (Å²) in [6, 6.07) is 4.40. The zero-order valence-electron chi connectivity index (χ0n) is 13.1. The fraction of sp³-hybridized carbons (Fsp3) is 0.706. The van der Waals surface area contributed by atoms with E-state index < -0.39 is 0 Å². The second-order valence-electron chi connectivity index (χ2n) is 5.79. The van der Waals surface area contributed by atoms with Crippen molar-refractivity contribution in [2.75, 3.05) is 6.54 Å². The lowest BCUT2D eigenvalue weighted by molar-refractivity contribution is 0.0842. The summed E-state index contributed by atoms with van der Waals surface area (Å²) in [5.74, 6) is 1.51. The van der Waals surface area contributed by atoms with E-state index in [1.807, 2.05) is 12.3 Å². The molecular formula is C17H28N2O. The minimum atomic E-state index is 0.285. The minimum absolute atomic E-state index is 0.285. The Balaban J connectivity index is 2.11. The Morgan fingerprint density at radius 3 is 2.90 bits per heavy atom. The Bertz CT molecular complexity index is 408. The highest BCUT2D eigenvalue weighted by atomic mass is 16.5. The molecule has 1 aromatic heterocycles. The van der Waals surface area contributed by atoms with Crippen LogP contribution in [0.15, 0.2) is 18.3 Å². The van der Waals surface area contributed by atoms with Gasteiger partial charge in [-0.25, -0.2) is 4.98 Å². The van der Waals surface area contributed by atoms with Gasteiger partial charge < -0.3 is 10.1 Å². The number of ether oxygens (including phenoxy) is 1. The predicted octanol–water partition coefficient (Wildman–Crippen LogP) is 4.10. The van der Waals surface area contributed by atoms with Crippen molar-refractivity contribution in [2.45, 2.75) is 65.0 Å². The Morgan fingerprint density at radius 2 is 2.15 bits per heavy atom. The molecule has 1 fully saturated rings. The quantitative estimate of drug-likeness (QED) is 0.849. The van der Waals surface area contributed by atoms with Crippen LogP contribution in [-0.4, -0.2) is 17.6 Å². The molecule has 20 heavy (non-hydrogen) atoms. The first kappa shape index (κ1) is 15.3. The van der Waals surface area contributed by atoms with Crippen molar-refractivity contribution in [1.29, 1.82) is 0 Å². The molecule has 0 amide bonds. The van der Waals surface area contributed by atoms with Crippen LogP contribution in [0.25, 0.3) is 0 Å². The molecule has 1 heterocycles. The minimum Gasteiger partial charge on any atom is -0.474 e. The van der Waals surface area contributed by atoms with E-state index in [9.17, 15) is 0 Å². The van der Waals surface area contributed by atoms with Crippen molar-refractivity contribution in [1.82, 2.24) is 10.3 Å². The van der Waals surface area contributed by atoms with Gasteiger partial charge in [-0.2, -0.15) is 0 Å². The van der Waals surface area contributed by atoms with Gasteiger partial charge in [0.2, 0.25) is 5.88 Å². The summed E-state index contributed by atoms with van der Waals surface area (Å²) in [6.45, 7) is 7.52. The van der Waals surface area contributed by atoms with E-state index in [0.717, 1.165) is 12.4 Å². The van der Waals surface area contributed by atoms with Crippen LogP contribution in [0.1, 0.15) is 64.5 Å². The zero-order chi connectivity index (χ0) is 14.4. The van der Waals surface area contributed by atoms with Crippen LogP contribution in [0.5, 0.6) is 5.88 Å². The Hall–Kier alpha value is -1.09. The van der Waals surface area contributed by atoms with E-state index in [1.54, 1.807) is 0 Å². The number of rotatable bonds is 6. The highest BCUT2D eigenvalue weighted by molar-refractivity contribution is 5.28. The Labute approximate surface area is 123 Å². The van der Waals surface area contributed by atoms with Crippen molar-refractivity contribution in [2.24, 2.45) is 5.92 Å². The molecule has 1 saturated carbocycles. The first-order valence-corrected chi connectivity index (χ1v) is 8.11. The molecule has 0 spiro atoms. The summed E-state index contributed by atoms with van der Waals surface area (Å²) in [6.07, 6.45) is 8.48. The summed E-state index contributed by atoms with van der Waals surface area (Å²) < 4.78 is 6.31. The molecule has 0 aromatic carbocycles. The topological polar surface area (TPSA) is 34.2 Å². The van der Waals surface area contributed by atoms with Gasteiger partial charge >= 0.3 is 0 Å². The maximum absolute atomic E-state index is 6.31. The highest BCUT2D eigenvalue weighted by Crippen LogP contribution is 2.32. The third-order valence-electron chi connectivity index (χ3n) is 4.40. The largest absolute Gasteiger partial charge is 0.474 e. The van der Waals surface area contributed by atoms with Crippen LogP contribution in [0.2, 0.25) is 0 Å². The lowest BCUT2D eigenvalue weighted by atomic mass is 9.85. The lowest BCUT2D eigenvalue weighted by Gasteiger charge is -2.31. The van der Waals surface area contributed by atoms with Crippen molar-refractivity contribution in [3.05, 3.63) is 23.9 Å². The molecule has 0 aliphatic heterocycles. The summed E-state index contributed by atoms with van der Waals surface area (Å²) in [5.41, 5.74) is 1.18. The number of hydrogen-bond donors (Lipinski definition) is 1. The third kappa shape index (κ3) is 3.72. The molecule has 1 aromatic rings. The molecule has 1 N–H and O–H groups in total. The highest BCUT2D eigenvalue weighted by Gasteiger charge is 2.26. The van der Waals surface area contributed by atoms with E-state index in [2.05, 4.69) is 37.1 Å². The molecule has 3 nitrogen and oxygen atoms in total. The molecule has 0 radical (unpaired) electrons. The summed E-state index contributed by atoms with van der Waals surface area (Å²) in [5, 5.41) is 3.44. The third-order valence-corrected chi connectivity index (χ3v) is 4.40. The maximum Gasteiger partial charge on any atom is 0.218 e. The fourth-order valence-corrected chi connectivity index (χ4v) is 3.19. The molecule has 3 heteroatoms. The Morgan fingerprint density at radius 1 is 1.35 bits per heavy atom. The van der Waals surface area contributed by atoms with Gasteiger partial charge in [-0.3, -0.25) is 0 Å². The molecule has 1 aliphatic carbocycles. The lowest BCUT2D eigenvalue weighted by Crippen LogP contribution is -2.31. The van der Waals surface area contributed by atoms with E-state index in [-0.39, 0.29) is 6.04 Å². The number of pyridine rings is 1. The molecule has 3 unspecified atom stereocenters. The number of nitrogens with one attached hydrogen (secondary N) is 1. The van der Waals surface area contributed by atoms with Gasteiger partial charge in [0.25, 0.3) is 0 Å². The van der Waals surface area contributed by atoms with Crippen LogP contribution in [0.3, 0.4) is 0 Å². The van der Waals surface area contributed by atoms with E-state index in [0.29, 0.717) is 12.0 Å². The van der Waals surface area contributed by atoms with E-state index >= 15 is 0 Å². The molecule has 0 saturated heterocycles. The number of hydrogen-bond acceptors (Lipinski definition) is 3. The van der Waals surface area contributed by atoms with E-state index in [1.165, 1.54) is 37.7 Å². The van der Waals surface area contributed by atoms with Gasteiger partial charge in [-0.1, -0.05) is 26.3 Å². The van der Waals surface area contributed by atoms with Crippen molar-refractivity contribution < 1.29 is 4.74 Å². The van der Waals surface area contributed by atoms with Gasteiger partial charge in [0.05, 0.1) is 0 Å². The summed E-state index contributed by atoms with van der Waals surface area (Å²) >= 11 is 0. The van der Waals surface area contributed by atoms with Crippen LogP contribution in [0.4, 0.5) is 0 Å². The maximum atomic E-state index is 6.31. The van der Waals surface area contributed by atoms with Crippen LogP contribution in [0, 0.1) is 5.92 Å². The Kier molecular flexibility index (Phi) is 5.84. The predicted molar refractivity (Wildman–Crippen MR) is 83.0 cm³/mol. The normalized spacial score (nSPS) is 24.4. The van der Waals surface area contributed by atoms with E-state index in [4.69, 9.17) is 4.74 Å². The number of aromatic nitrogens is 1. The second-order valence-corrected chi connectivity index (χ2v) is 5.79. The monoisotopic (exact) mass is 276 g/mol. The first-order chi connectivity index (χ1) is 9.76. The average molecular weight is 276 g/mol. The zero-order valence-corrected chi connectivity index (χ0v) is 13.1. The molecule has 3 atom stereocenters. The van der Waals surface area contributed by atoms with Crippen molar-refractivity contribution in [3.63, 3.8) is 0 Å². The SMILES string of the molecule is CCNC(C)c1cccnc1OC1CCCCC1CC.